The van der Waals surface area contributed by atoms with E-state index in [9.17, 15) is 9.59 Å². The molecule has 3 aromatic rings. The van der Waals surface area contributed by atoms with Crippen LogP contribution in [0.3, 0.4) is 0 Å². The van der Waals surface area contributed by atoms with Crippen molar-refractivity contribution in [2.24, 2.45) is 0 Å². The van der Waals surface area contributed by atoms with Crippen LogP contribution in [0.25, 0.3) is 5.65 Å². The van der Waals surface area contributed by atoms with Crippen molar-refractivity contribution in [1.82, 2.24) is 19.4 Å². The van der Waals surface area contributed by atoms with Crippen LogP contribution in [0, 0.1) is 6.92 Å². The molecule has 0 saturated heterocycles. The monoisotopic (exact) mass is 296 g/mol. The van der Waals surface area contributed by atoms with Gasteiger partial charge < -0.3 is 4.74 Å². The maximum Gasteiger partial charge on any atom is 0.358 e. The average molecular weight is 296 g/mol. The first-order valence-electron chi connectivity index (χ1n) is 6.55. The van der Waals surface area contributed by atoms with Gasteiger partial charge >= 0.3 is 5.97 Å². The number of esters is 1. The Labute approximate surface area is 125 Å². The van der Waals surface area contributed by atoms with Gasteiger partial charge in [0.2, 0.25) is 0 Å². The summed E-state index contributed by atoms with van der Waals surface area (Å²) < 4.78 is 6.53. The fraction of sp³-hybridized carbons (Fsp3) is 0.133. The third-order valence-corrected chi connectivity index (χ3v) is 3.00. The standard InChI is InChI=1S/C15H12N4O3/c1-10-2-5-19-13(6-10)18-11(7-14(19)20)9-22-15(21)12-8-16-3-4-17-12/h2-8H,9H2,1H3. The second-order valence-electron chi connectivity index (χ2n) is 4.68. The van der Waals surface area contributed by atoms with Crippen LogP contribution in [0.1, 0.15) is 21.7 Å². The lowest BCUT2D eigenvalue weighted by molar-refractivity contribution is 0.0460. The molecule has 110 valence electrons. The van der Waals surface area contributed by atoms with E-state index in [1.165, 1.54) is 29.1 Å². The van der Waals surface area contributed by atoms with Crippen LogP contribution in [0.15, 0.2) is 47.8 Å². The van der Waals surface area contributed by atoms with Gasteiger partial charge in [-0.2, -0.15) is 0 Å². The molecule has 0 unspecified atom stereocenters. The van der Waals surface area contributed by atoms with Gasteiger partial charge in [0, 0.05) is 24.7 Å². The maximum absolute atomic E-state index is 12.0. The van der Waals surface area contributed by atoms with Crippen LogP contribution in [-0.2, 0) is 11.3 Å². The smallest absolute Gasteiger partial charge is 0.358 e. The van der Waals surface area contributed by atoms with Crippen LogP contribution in [-0.4, -0.2) is 25.3 Å². The van der Waals surface area contributed by atoms with Crippen molar-refractivity contribution in [2.75, 3.05) is 0 Å². The van der Waals surface area contributed by atoms with E-state index in [1.807, 2.05) is 13.0 Å². The molecule has 0 aliphatic carbocycles. The van der Waals surface area contributed by atoms with Gasteiger partial charge in [0.05, 0.1) is 11.9 Å². The number of fused-ring (bicyclic) bond motifs is 1. The van der Waals surface area contributed by atoms with E-state index in [-0.39, 0.29) is 17.9 Å². The normalized spacial score (nSPS) is 10.6. The van der Waals surface area contributed by atoms with Crippen LogP contribution in [0.4, 0.5) is 0 Å². The molecule has 0 aliphatic rings. The largest absolute Gasteiger partial charge is 0.454 e. The summed E-state index contributed by atoms with van der Waals surface area (Å²) >= 11 is 0. The van der Waals surface area contributed by atoms with Gasteiger partial charge in [-0.1, -0.05) is 0 Å². The lowest BCUT2D eigenvalue weighted by Crippen LogP contribution is -2.17. The van der Waals surface area contributed by atoms with Gasteiger partial charge in [-0.15, -0.1) is 0 Å². The summed E-state index contributed by atoms with van der Waals surface area (Å²) in [5, 5.41) is 0. The van der Waals surface area contributed by atoms with Crippen molar-refractivity contribution in [3.63, 3.8) is 0 Å². The molecule has 0 spiro atoms. The van der Waals surface area contributed by atoms with E-state index < -0.39 is 5.97 Å². The van der Waals surface area contributed by atoms with Gasteiger partial charge in [0.15, 0.2) is 5.69 Å². The van der Waals surface area contributed by atoms with Crippen molar-refractivity contribution >= 4 is 11.6 Å². The molecule has 7 heteroatoms. The van der Waals surface area contributed by atoms with E-state index >= 15 is 0 Å². The SMILES string of the molecule is Cc1ccn2c(=O)cc(COC(=O)c3cnccn3)nc2c1. The number of ether oxygens (including phenoxy) is 1. The molecule has 0 N–H and O–H groups in total. The summed E-state index contributed by atoms with van der Waals surface area (Å²) in [6, 6.07) is 4.95. The van der Waals surface area contributed by atoms with Crippen molar-refractivity contribution in [3.8, 4) is 0 Å². The third-order valence-electron chi connectivity index (χ3n) is 3.00. The van der Waals surface area contributed by atoms with Gasteiger partial charge in [-0.3, -0.25) is 14.2 Å². The molecule has 3 heterocycles. The molecule has 7 nitrogen and oxygen atoms in total. The minimum atomic E-state index is -0.612. The lowest BCUT2D eigenvalue weighted by atomic mass is 10.3. The topological polar surface area (TPSA) is 86.5 Å². The van der Waals surface area contributed by atoms with Crippen molar-refractivity contribution in [3.05, 3.63) is 70.3 Å². The quantitative estimate of drug-likeness (QED) is 0.674. The fourth-order valence-electron chi connectivity index (χ4n) is 1.95. The molecule has 0 bridgehead atoms. The van der Waals surface area contributed by atoms with Gasteiger partial charge in [0.25, 0.3) is 5.56 Å². The predicted octanol–water partition coefficient (Wildman–Crippen LogP) is 1.15. The molecule has 3 rings (SSSR count). The van der Waals surface area contributed by atoms with Crippen LogP contribution in [0.2, 0.25) is 0 Å². The summed E-state index contributed by atoms with van der Waals surface area (Å²) in [6.07, 6.45) is 5.84. The first-order chi connectivity index (χ1) is 10.6. The molecular weight excluding hydrogens is 284 g/mol. The van der Waals surface area contributed by atoms with Crippen molar-refractivity contribution in [1.29, 1.82) is 0 Å². The first-order valence-corrected chi connectivity index (χ1v) is 6.55. The molecule has 0 saturated carbocycles. The highest BCUT2D eigenvalue weighted by Crippen LogP contribution is 2.05. The third kappa shape index (κ3) is 2.83. The summed E-state index contributed by atoms with van der Waals surface area (Å²) in [5.41, 5.74) is 1.76. The number of aryl methyl sites for hydroxylation is 1. The van der Waals surface area contributed by atoms with E-state index in [0.717, 1.165) is 5.56 Å². The molecule has 0 atom stereocenters. The lowest BCUT2D eigenvalue weighted by Gasteiger charge is -2.06. The minimum absolute atomic E-state index is 0.102. The van der Waals surface area contributed by atoms with Crippen molar-refractivity contribution in [2.45, 2.75) is 13.5 Å². The number of carbonyl (C=O) groups is 1. The van der Waals surface area contributed by atoms with Gasteiger partial charge in [-0.05, 0) is 24.6 Å². The fourth-order valence-corrected chi connectivity index (χ4v) is 1.95. The van der Waals surface area contributed by atoms with E-state index in [1.54, 1.807) is 12.3 Å². The average Bonchev–Trinajstić information content (AvgIpc) is 2.53. The second kappa shape index (κ2) is 5.72. The Morgan fingerprint density at radius 2 is 2.18 bits per heavy atom. The molecule has 3 aromatic heterocycles. The highest BCUT2D eigenvalue weighted by molar-refractivity contribution is 5.86. The number of nitrogens with zero attached hydrogens (tertiary/aromatic N) is 4. The maximum atomic E-state index is 12.0. The Morgan fingerprint density at radius 3 is 2.95 bits per heavy atom. The van der Waals surface area contributed by atoms with Crippen LogP contribution >= 0.6 is 0 Å². The Kier molecular flexibility index (Phi) is 3.61. The molecular formula is C15H12N4O3. The number of aromatic nitrogens is 4. The molecule has 0 fully saturated rings. The highest BCUT2D eigenvalue weighted by atomic mass is 16.5. The molecule has 0 aliphatic heterocycles. The van der Waals surface area contributed by atoms with Crippen molar-refractivity contribution < 1.29 is 9.53 Å². The summed E-state index contributed by atoms with van der Waals surface area (Å²) in [5.74, 6) is -0.612. The molecule has 0 amide bonds. The predicted molar refractivity (Wildman–Crippen MR) is 77.4 cm³/mol. The van der Waals surface area contributed by atoms with E-state index in [2.05, 4.69) is 15.0 Å². The zero-order valence-corrected chi connectivity index (χ0v) is 11.8. The van der Waals surface area contributed by atoms with E-state index in [0.29, 0.717) is 11.3 Å². The highest BCUT2D eigenvalue weighted by Gasteiger charge is 2.10. The number of carbonyl (C=O) groups excluding carboxylic acids is 1. The number of pyridine rings is 1. The van der Waals surface area contributed by atoms with E-state index in [4.69, 9.17) is 4.74 Å². The Hall–Kier alpha value is -3.09. The molecule has 0 radical (unpaired) electrons. The zero-order valence-electron chi connectivity index (χ0n) is 11.8. The zero-order chi connectivity index (χ0) is 15.5. The first kappa shape index (κ1) is 13.9. The Bertz CT molecular complexity index is 890. The van der Waals surface area contributed by atoms with Crippen LogP contribution in [0.5, 0.6) is 0 Å². The Balaban J connectivity index is 1.82. The van der Waals surface area contributed by atoms with Gasteiger partial charge in [0.1, 0.15) is 12.3 Å². The summed E-state index contributed by atoms with van der Waals surface area (Å²) in [4.78, 5) is 35.7. The Morgan fingerprint density at radius 1 is 1.32 bits per heavy atom. The molecule has 0 aromatic carbocycles. The van der Waals surface area contributed by atoms with Gasteiger partial charge in [-0.25, -0.2) is 14.8 Å². The minimum Gasteiger partial charge on any atom is -0.454 e. The number of hydrogen-bond acceptors (Lipinski definition) is 6. The number of rotatable bonds is 3. The second-order valence-corrected chi connectivity index (χ2v) is 4.68. The summed E-state index contributed by atoms with van der Waals surface area (Å²) in [7, 11) is 0. The summed E-state index contributed by atoms with van der Waals surface area (Å²) in [6.45, 7) is 1.81. The van der Waals surface area contributed by atoms with Crippen LogP contribution < -0.4 is 5.56 Å². The molecule has 22 heavy (non-hydrogen) atoms. The number of hydrogen-bond donors (Lipinski definition) is 0.